The van der Waals surface area contributed by atoms with E-state index in [1.807, 2.05) is 0 Å². The third kappa shape index (κ3) is 3.39. The summed E-state index contributed by atoms with van der Waals surface area (Å²) in [5.41, 5.74) is 0.810. The molecule has 1 aliphatic rings. The van der Waals surface area contributed by atoms with Crippen LogP contribution in [-0.4, -0.2) is 25.0 Å². The van der Waals surface area contributed by atoms with E-state index in [1.165, 1.54) is 18.2 Å². The molecule has 25 heavy (non-hydrogen) atoms. The number of halogens is 1. The number of amides is 4. The molecule has 0 saturated carbocycles. The van der Waals surface area contributed by atoms with Crippen LogP contribution in [0.3, 0.4) is 0 Å². The van der Waals surface area contributed by atoms with Crippen molar-refractivity contribution in [3.05, 3.63) is 64.7 Å². The number of benzene rings is 2. The van der Waals surface area contributed by atoms with Crippen molar-refractivity contribution in [3.8, 4) is 5.75 Å². The smallest absolute Gasteiger partial charge is 0.335 e. The number of hydrogen-bond donors (Lipinski definition) is 1. The molecule has 7 heteroatoms. The van der Waals surface area contributed by atoms with Crippen molar-refractivity contribution in [1.29, 1.82) is 0 Å². The molecular formula is C18H13ClN2O4. The molecule has 3 rings (SSSR count). The van der Waals surface area contributed by atoms with E-state index in [-0.39, 0.29) is 5.57 Å². The lowest BCUT2D eigenvalue weighted by atomic mass is 10.1. The average molecular weight is 357 g/mol. The minimum atomic E-state index is -0.802. The highest BCUT2D eigenvalue weighted by Gasteiger charge is 2.36. The molecule has 2 aromatic rings. The second-order valence-electron chi connectivity index (χ2n) is 5.21. The van der Waals surface area contributed by atoms with Crippen molar-refractivity contribution in [3.63, 3.8) is 0 Å². The van der Waals surface area contributed by atoms with Gasteiger partial charge in [-0.1, -0.05) is 23.7 Å². The van der Waals surface area contributed by atoms with Gasteiger partial charge in [-0.2, -0.15) is 0 Å². The maximum absolute atomic E-state index is 12.7. The third-order valence-electron chi connectivity index (χ3n) is 3.61. The molecule has 1 fully saturated rings. The number of urea groups is 1. The Bertz CT molecular complexity index is 873. The topological polar surface area (TPSA) is 75.7 Å². The maximum atomic E-state index is 12.7. The lowest BCUT2D eigenvalue weighted by Gasteiger charge is -2.26. The fourth-order valence-corrected chi connectivity index (χ4v) is 2.47. The van der Waals surface area contributed by atoms with Gasteiger partial charge in [0, 0.05) is 5.02 Å². The Labute approximate surface area is 148 Å². The molecule has 0 bridgehead atoms. The Morgan fingerprint density at radius 2 is 1.64 bits per heavy atom. The summed E-state index contributed by atoms with van der Waals surface area (Å²) in [7, 11) is 1.54. The zero-order valence-electron chi connectivity index (χ0n) is 13.2. The third-order valence-corrected chi connectivity index (χ3v) is 3.87. The van der Waals surface area contributed by atoms with E-state index in [4.69, 9.17) is 16.3 Å². The minimum Gasteiger partial charge on any atom is -0.497 e. The van der Waals surface area contributed by atoms with Gasteiger partial charge in [0.1, 0.15) is 11.3 Å². The summed E-state index contributed by atoms with van der Waals surface area (Å²) in [5.74, 6) is -0.789. The van der Waals surface area contributed by atoms with E-state index in [0.29, 0.717) is 22.0 Å². The van der Waals surface area contributed by atoms with E-state index in [2.05, 4.69) is 5.32 Å². The lowest BCUT2D eigenvalue weighted by molar-refractivity contribution is -0.122. The van der Waals surface area contributed by atoms with Gasteiger partial charge in [0.05, 0.1) is 12.8 Å². The van der Waals surface area contributed by atoms with Crippen LogP contribution in [0.15, 0.2) is 54.1 Å². The van der Waals surface area contributed by atoms with Crippen LogP contribution in [0, 0.1) is 0 Å². The molecule has 1 N–H and O–H groups in total. The van der Waals surface area contributed by atoms with Gasteiger partial charge in [-0.3, -0.25) is 14.9 Å². The summed E-state index contributed by atoms with van der Waals surface area (Å²) < 4.78 is 5.07. The second kappa shape index (κ2) is 6.78. The number of carbonyl (C=O) groups is 3. The predicted octanol–water partition coefficient (Wildman–Crippen LogP) is 3.02. The fourth-order valence-electron chi connectivity index (χ4n) is 2.35. The molecule has 4 amide bonds. The first-order chi connectivity index (χ1) is 12.0. The van der Waals surface area contributed by atoms with Gasteiger partial charge in [-0.05, 0) is 48.0 Å². The van der Waals surface area contributed by atoms with Crippen LogP contribution in [0.2, 0.25) is 5.02 Å². The number of nitrogens with one attached hydrogen (secondary N) is 1. The van der Waals surface area contributed by atoms with Gasteiger partial charge >= 0.3 is 6.03 Å². The van der Waals surface area contributed by atoms with E-state index in [9.17, 15) is 14.4 Å². The summed E-state index contributed by atoms with van der Waals surface area (Å²) >= 11 is 5.83. The number of anilines is 1. The Kier molecular flexibility index (Phi) is 4.54. The highest BCUT2D eigenvalue weighted by atomic mass is 35.5. The summed E-state index contributed by atoms with van der Waals surface area (Å²) in [6, 6.07) is 12.2. The van der Waals surface area contributed by atoms with Crippen LogP contribution in [0.4, 0.5) is 10.5 Å². The summed E-state index contributed by atoms with van der Waals surface area (Å²) in [4.78, 5) is 37.7. The molecule has 0 atom stereocenters. The number of nitrogens with zero attached hydrogens (tertiary/aromatic N) is 1. The van der Waals surface area contributed by atoms with Crippen molar-refractivity contribution >= 4 is 41.2 Å². The van der Waals surface area contributed by atoms with Crippen LogP contribution in [-0.2, 0) is 9.59 Å². The Balaban J connectivity index is 1.97. The number of carbonyl (C=O) groups excluding carboxylic acids is 3. The van der Waals surface area contributed by atoms with Crippen LogP contribution in [0.25, 0.3) is 6.08 Å². The molecule has 1 saturated heterocycles. The number of barbiturate groups is 1. The van der Waals surface area contributed by atoms with Gasteiger partial charge in [0.25, 0.3) is 11.8 Å². The zero-order chi connectivity index (χ0) is 18.0. The molecular weight excluding hydrogens is 344 g/mol. The zero-order valence-corrected chi connectivity index (χ0v) is 13.9. The van der Waals surface area contributed by atoms with Crippen molar-refractivity contribution in [2.75, 3.05) is 12.0 Å². The molecule has 0 spiro atoms. The van der Waals surface area contributed by atoms with Crippen molar-refractivity contribution in [1.82, 2.24) is 5.32 Å². The van der Waals surface area contributed by atoms with Crippen LogP contribution in [0.5, 0.6) is 5.75 Å². The molecule has 1 heterocycles. The summed E-state index contributed by atoms with van der Waals surface area (Å²) in [5, 5.41) is 2.64. The second-order valence-corrected chi connectivity index (χ2v) is 5.64. The first kappa shape index (κ1) is 16.7. The Hall–Kier alpha value is -3.12. The van der Waals surface area contributed by atoms with Crippen molar-refractivity contribution < 1.29 is 19.1 Å². The van der Waals surface area contributed by atoms with E-state index >= 15 is 0 Å². The Morgan fingerprint density at radius 1 is 1.00 bits per heavy atom. The molecule has 0 aliphatic carbocycles. The number of methoxy groups -OCH3 is 1. The van der Waals surface area contributed by atoms with E-state index in [1.54, 1.807) is 43.5 Å². The van der Waals surface area contributed by atoms with Gasteiger partial charge in [-0.15, -0.1) is 0 Å². The van der Waals surface area contributed by atoms with E-state index < -0.39 is 17.8 Å². The molecule has 1 aliphatic heterocycles. The van der Waals surface area contributed by atoms with Gasteiger partial charge in [-0.25, -0.2) is 9.69 Å². The number of hydrogen-bond acceptors (Lipinski definition) is 4. The molecule has 126 valence electrons. The van der Waals surface area contributed by atoms with Crippen molar-refractivity contribution in [2.45, 2.75) is 0 Å². The monoisotopic (exact) mass is 356 g/mol. The first-order valence-corrected chi connectivity index (χ1v) is 7.68. The van der Waals surface area contributed by atoms with Gasteiger partial charge in [0.15, 0.2) is 0 Å². The summed E-state index contributed by atoms with van der Waals surface area (Å²) in [6.07, 6.45) is 1.42. The highest BCUT2D eigenvalue weighted by molar-refractivity contribution is 6.39. The molecule has 6 nitrogen and oxygen atoms in total. The molecule has 2 aromatic carbocycles. The van der Waals surface area contributed by atoms with Crippen molar-refractivity contribution in [2.24, 2.45) is 0 Å². The molecule has 0 radical (unpaired) electrons. The fraction of sp³-hybridized carbons (Fsp3) is 0.0556. The highest BCUT2D eigenvalue weighted by Crippen LogP contribution is 2.24. The quantitative estimate of drug-likeness (QED) is 0.677. The van der Waals surface area contributed by atoms with Gasteiger partial charge < -0.3 is 4.74 Å². The maximum Gasteiger partial charge on any atom is 0.335 e. The largest absolute Gasteiger partial charge is 0.497 e. The molecule has 0 aromatic heterocycles. The summed E-state index contributed by atoms with van der Waals surface area (Å²) in [6.45, 7) is 0. The number of rotatable bonds is 3. The predicted molar refractivity (Wildman–Crippen MR) is 93.4 cm³/mol. The molecule has 0 unspecified atom stereocenters. The standard InChI is InChI=1S/C18H13ClN2O4/c1-25-14-8-2-11(3-9-14)10-15-16(22)20-18(24)21(17(15)23)13-6-4-12(19)5-7-13/h2-10H,1H3,(H,20,22,24). The van der Waals surface area contributed by atoms with Crippen LogP contribution >= 0.6 is 11.6 Å². The van der Waals surface area contributed by atoms with Crippen LogP contribution < -0.4 is 15.0 Å². The van der Waals surface area contributed by atoms with E-state index in [0.717, 1.165) is 4.90 Å². The Morgan fingerprint density at radius 3 is 2.24 bits per heavy atom. The van der Waals surface area contributed by atoms with Gasteiger partial charge in [0.2, 0.25) is 0 Å². The number of imide groups is 2. The SMILES string of the molecule is COc1ccc(C=C2C(=O)NC(=O)N(c3ccc(Cl)cc3)C2=O)cc1. The number of ether oxygens (including phenoxy) is 1. The normalized spacial score (nSPS) is 16.2. The first-order valence-electron chi connectivity index (χ1n) is 7.30. The average Bonchev–Trinajstić information content (AvgIpc) is 2.60. The lowest BCUT2D eigenvalue weighted by Crippen LogP contribution is -2.54. The minimum absolute atomic E-state index is 0.139. The van der Waals surface area contributed by atoms with Crippen LogP contribution in [0.1, 0.15) is 5.56 Å².